The van der Waals surface area contributed by atoms with Crippen molar-refractivity contribution < 1.29 is 9.53 Å². The van der Waals surface area contributed by atoms with E-state index < -0.39 is 0 Å². The van der Waals surface area contributed by atoms with E-state index in [1.54, 1.807) is 11.8 Å². The molecular formula is C24H26N8O2S3. The number of rotatable bonds is 10. The van der Waals surface area contributed by atoms with Crippen molar-refractivity contribution in [3.05, 3.63) is 69.7 Å². The van der Waals surface area contributed by atoms with Crippen molar-refractivity contribution in [2.24, 2.45) is 0 Å². The first-order chi connectivity index (χ1) is 17.9. The minimum atomic E-state index is -0.343. The number of hydrogen-bond donors (Lipinski definition) is 4. The van der Waals surface area contributed by atoms with Crippen LogP contribution in [0.25, 0.3) is 0 Å². The van der Waals surface area contributed by atoms with Gasteiger partial charge in [-0.25, -0.2) is 4.79 Å². The van der Waals surface area contributed by atoms with Gasteiger partial charge in [0.25, 0.3) is 6.02 Å². The van der Waals surface area contributed by atoms with Gasteiger partial charge in [0.15, 0.2) is 0 Å². The Kier molecular flexibility index (Phi) is 9.40. The summed E-state index contributed by atoms with van der Waals surface area (Å²) in [6.45, 7) is 3.96. The molecule has 13 heteroatoms. The molecule has 0 aliphatic rings. The van der Waals surface area contributed by atoms with Crippen LogP contribution < -0.4 is 20.7 Å². The number of nitrogens with zero attached hydrogens (tertiary/aromatic N) is 4. The van der Waals surface area contributed by atoms with Gasteiger partial charge in [0.2, 0.25) is 5.13 Å². The second kappa shape index (κ2) is 13.1. The lowest BCUT2D eigenvalue weighted by Gasteiger charge is -2.06. The molecule has 192 valence electrons. The number of amidine groups is 1. The van der Waals surface area contributed by atoms with Crippen LogP contribution in [0.15, 0.2) is 48.5 Å². The molecule has 10 nitrogen and oxygen atoms in total. The summed E-state index contributed by atoms with van der Waals surface area (Å²) in [6, 6.07) is 14.9. The molecule has 2 aromatic carbocycles. The lowest BCUT2D eigenvalue weighted by molar-refractivity contribution is 0.262. The molecule has 0 aliphatic carbocycles. The summed E-state index contributed by atoms with van der Waals surface area (Å²) in [6.07, 6.45) is 1.52. The molecule has 0 saturated heterocycles. The summed E-state index contributed by atoms with van der Waals surface area (Å²) in [7, 11) is 0. The molecule has 0 spiro atoms. The van der Waals surface area contributed by atoms with Crippen LogP contribution in [-0.4, -0.2) is 44.0 Å². The van der Waals surface area contributed by atoms with Crippen LogP contribution in [-0.2, 0) is 12.8 Å². The van der Waals surface area contributed by atoms with Crippen LogP contribution in [0.2, 0.25) is 0 Å². The fourth-order valence-corrected chi connectivity index (χ4v) is 5.72. The van der Waals surface area contributed by atoms with E-state index in [0.29, 0.717) is 10.3 Å². The number of aryl methyl sites for hydroxylation is 4. The lowest BCUT2D eigenvalue weighted by Crippen LogP contribution is -2.19. The number of urea groups is 1. The Morgan fingerprint density at radius 2 is 1.49 bits per heavy atom. The molecule has 0 unspecified atom stereocenters. The van der Waals surface area contributed by atoms with Crippen molar-refractivity contribution in [1.82, 2.24) is 20.4 Å². The topological polar surface area (TPSA) is 138 Å². The smallest absolute Gasteiger partial charge is 0.325 e. The van der Waals surface area contributed by atoms with Gasteiger partial charge in [-0.05, 0) is 60.7 Å². The third-order valence-electron chi connectivity index (χ3n) is 4.80. The van der Waals surface area contributed by atoms with Crippen LogP contribution in [0, 0.1) is 19.3 Å². The fraction of sp³-hybridized carbons (Fsp3) is 0.250. The van der Waals surface area contributed by atoms with E-state index in [-0.39, 0.29) is 12.1 Å². The van der Waals surface area contributed by atoms with Gasteiger partial charge >= 0.3 is 11.2 Å². The molecule has 0 aliphatic heterocycles. The number of carbonyl (C=O) groups is 1. The summed E-state index contributed by atoms with van der Waals surface area (Å²) in [4.78, 5) is 12.2. The van der Waals surface area contributed by atoms with E-state index in [1.807, 2.05) is 62.4 Å². The van der Waals surface area contributed by atoms with Gasteiger partial charge in [0, 0.05) is 24.2 Å². The molecule has 4 aromatic rings. The molecule has 2 heterocycles. The summed E-state index contributed by atoms with van der Waals surface area (Å²) in [5.41, 5.74) is 3.68. The van der Waals surface area contributed by atoms with Gasteiger partial charge in [0.05, 0.1) is 0 Å². The zero-order valence-corrected chi connectivity index (χ0v) is 22.7. The molecule has 4 N–H and O–H groups in total. The summed E-state index contributed by atoms with van der Waals surface area (Å²) < 4.78 is 5.45. The zero-order chi connectivity index (χ0) is 26.0. The Bertz CT molecular complexity index is 1260. The number of nitrogens with one attached hydrogen (secondary N) is 4. The summed E-state index contributed by atoms with van der Waals surface area (Å²) in [5, 5.41) is 35.3. The Hall–Kier alpha value is -3.55. The predicted molar refractivity (Wildman–Crippen MR) is 152 cm³/mol. The van der Waals surface area contributed by atoms with Crippen LogP contribution in [0.1, 0.15) is 21.1 Å². The van der Waals surface area contributed by atoms with Crippen LogP contribution in [0.5, 0.6) is 5.19 Å². The van der Waals surface area contributed by atoms with Gasteiger partial charge in [-0.3, -0.25) is 10.7 Å². The quantitative estimate of drug-likeness (QED) is 0.113. The Balaban J connectivity index is 1.12. The first kappa shape index (κ1) is 26.5. The Labute approximate surface area is 226 Å². The molecule has 4 rings (SSSR count). The van der Waals surface area contributed by atoms with Crippen molar-refractivity contribution in [3.63, 3.8) is 0 Å². The predicted octanol–water partition coefficient (Wildman–Crippen LogP) is 5.59. The minimum Gasteiger partial charge on any atom is -0.396 e. The maximum atomic E-state index is 12.2. The maximum absolute atomic E-state index is 12.2. The molecule has 0 atom stereocenters. The second-order valence-electron chi connectivity index (χ2n) is 7.95. The highest BCUT2D eigenvalue weighted by atomic mass is 32.2. The average molecular weight is 555 g/mol. The number of hydrogen-bond acceptors (Lipinski definition) is 10. The zero-order valence-electron chi connectivity index (χ0n) is 20.3. The maximum Gasteiger partial charge on any atom is 0.325 e. The van der Waals surface area contributed by atoms with Crippen molar-refractivity contribution in [3.8, 4) is 5.19 Å². The van der Waals surface area contributed by atoms with Gasteiger partial charge in [0.1, 0.15) is 10.0 Å². The highest BCUT2D eigenvalue weighted by molar-refractivity contribution is 7.99. The molecule has 0 saturated carbocycles. The molecule has 2 aromatic heterocycles. The number of carbonyl (C=O) groups excluding carboxylic acids is 1. The first-order valence-electron chi connectivity index (χ1n) is 11.4. The molecular weight excluding hydrogens is 529 g/mol. The van der Waals surface area contributed by atoms with Crippen LogP contribution >= 0.6 is 34.4 Å². The third-order valence-corrected chi connectivity index (χ3v) is 7.54. The lowest BCUT2D eigenvalue weighted by atomic mass is 10.2. The summed E-state index contributed by atoms with van der Waals surface area (Å²) in [5.74, 6) is 1.74. The van der Waals surface area contributed by atoms with E-state index in [4.69, 9.17) is 10.1 Å². The van der Waals surface area contributed by atoms with E-state index >= 15 is 0 Å². The fourth-order valence-electron chi connectivity index (χ4n) is 3.16. The number of aromatic nitrogens is 4. The second-order valence-corrected chi connectivity index (χ2v) is 11.3. The van der Waals surface area contributed by atoms with E-state index in [9.17, 15) is 4.79 Å². The number of thioether (sulfide) groups is 1. The number of ether oxygens (including phenoxy) is 1. The average Bonchev–Trinajstić information content (AvgIpc) is 3.48. The highest BCUT2D eigenvalue weighted by Crippen LogP contribution is 2.22. The number of benzene rings is 2. The van der Waals surface area contributed by atoms with E-state index in [1.165, 1.54) is 22.7 Å². The van der Waals surface area contributed by atoms with E-state index in [2.05, 4.69) is 36.3 Å². The molecule has 2 amide bonds. The monoisotopic (exact) mass is 554 g/mol. The van der Waals surface area contributed by atoms with Gasteiger partial charge in [-0.15, -0.1) is 15.3 Å². The van der Waals surface area contributed by atoms with Crippen molar-refractivity contribution in [2.45, 2.75) is 26.7 Å². The SMILES string of the molecule is Cc1cccc(NC(=N)Oc2nnc(CCSCCc3nnc(NC(=O)Nc4cccc(C)c4)s3)s2)c1. The van der Waals surface area contributed by atoms with Crippen molar-refractivity contribution >= 4 is 63.0 Å². The Morgan fingerprint density at radius 3 is 2.16 bits per heavy atom. The molecule has 37 heavy (non-hydrogen) atoms. The van der Waals surface area contributed by atoms with E-state index in [0.717, 1.165) is 56.9 Å². The summed E-state index contributed by atoms with van der Waals surface area (Å²) >= 11 is 4.48. The van der Waals surface area contributed by atoms with Crippen molar-refractivity contribution in [2.75, 3.05) is 27.5 Å². The van der Waals surface area contributed by atoms with Crippen molar-refractivity contribution in [1.29, 1.82) is 5.41 Å². The first-order valence-corrected chi connectivity index (χ1v) is 14.2. The molecule has 0 bridgehead atoms. The number of amides is 2. The van der Waals surface area contributed by atoms with Gasteiger partial charge in [-0.2, -0.15) is 11.8 Å². The third kappa shape index (κ3) is 8.81. The standard InChI is InChI=1S/C24H26N8O2S3/c1-15-5-3-7-17(13-15)26-21(25)34-24-32-30-20(37-24)10-12-35-11-9-19-29-31-23(36-19)28-22(33)27-18-8-4-6-16(2)14-18/h3-8,13-14H,9-12H2,1-2H3,(H2,25,26)(H2,27,28,31,33). The van der Waals surface area contributed by atoms with Crippen LogP contribution in [0.4, 0.5) is 21.3 Å². The van der Waals surface area contributed by atoms with Crippen LogP contribution in [0.3, 0.4) is 0 Å². The Morgan fingerprint density at radius 1 is 0.865 bits per heavy atom. The highest BCUT2D eigenvalue weighted by Gasteiger charge is 2.10. The normalized spacial score (nSPS) is 10.6. The molecule has 0 radical (unpaired) electrons. The minimum absolute atomic E-state index is 0.0961. The molecule has 0 fully saturated rings. The largest absolute Gasteiger partial charge is 0.396 e. The van der Waals surface area contributed by atoms with Gasteiger partial charge in [-0.1, -0.05) is 52.0 Å². The number of anilines is 3. The van der Waals surface area contributed by atoms with Gasteiger partial charge < -0.3 is 15.4 Å².